The third kappa shape index (κ3) is 3.99. The first-order valence-corrected chi connectivity index (χ1v) is 11.0. The fourth-order valence-electron chi connectivity index (χ4n) is 3.09. The monoisotopic (exact) mass is 436 g/mol. The van der Waals surface area contributed by atoms with Gasteiger partial charge in [-0.2, -0.15) is 0 Å². The average molecular weight is 437 g/mol. The van der Waals surface area contributed by atoms with Gasteiger partial charge < -0.3 is 0 Å². The second kappa shape index (κ2) is 8.77. The highest BCUT2D eigenvalue weighted by molar-refractivity contribution is 7.99. The van der Waals surface area contributed by atoms with Crippen molar-refractivity contribution >= 4 is 39.1 Å². The SMILES string of the molecule is C=CCn1c(SCC(=O)c2ccccc2)nc2scc(-c3ccc(F)cc3)c2c1=O. The van der Waals surface area contributed by atoms with E-state index < -0.39 is 0 Å². The van der Waals surface area contributed by atoms with Crippen LogP contribution in [0.5, 0.6) is 0 Å². The van der Waals surface area contributed by atoms with E-state index in [1.54, 1.807) is 30.3 Å². The van der Waals surface area contributed by atoms with Crippen molar-refractivity contribution in [2.75, 3.05) is 5.75 Å². The summed E-state index contributed by atoms with van der Waals surface area (Å²) in [5.41, 5.74) is 1.90. The van der Waals surface area contributed by atoms with Crippen LogP contribution in [0.2, 0.25) is 0 Å². The lowest BCUT2D eigenvalue weighted by Crippen LogP contribution is -2.23. The van der Waals surface area contributed by atoms with Crippen molar-refractivity contribution in [2.45, 2.75) is 11.7 Å². The van der Waals surface area contributed by atoms with Crippen LogP contribution in [0.25, 0.3) is 21.3 Å². The zero-order valence-electron chi connectivity index (χ0n) is 15.9. The molecule has 150 valence electrons. The number of Topliss-reactive ketones (excluding diaryl/α,β-unsaturated/α-hetero) is 1. The number of fused-ring (bicyclic) bond motifs is 1. The number of hydrogen-bond donors (Lipinski definition) is 0. The number of allylic oxidation sites excluding steroid dienone is 1. The first-order chi connectivity index (χ1) is 14.6. The molecule has 0 aliphatic rings. The summed E-state index contributed by atoms with van der Waals surface area (Å²) in [5.74, 6) is -0.185. The quantitative estimate of drug-likeness (QED) is 0.168. The van der Waals surface area contributed by atoms with Gasteiger partial charge in [-0.3, -0.25) is 14.2 Å². The van der Waals surface area contributed by atoms with E-state index in [9.17, 15) is 14.0 Å². The number of nitrogens with zero attached hydrogens (tertiary/aromatic N) is 2. The highest BCUT2D eigenvalue weighted by Crippen LogP contribution is 2.32. The fraction of sp³-hybridized carbons (Fsp3) is 0.0870. The molecule has 0 fully saturated rings. The molecular weight excluding hydrogens is 419 g/mol. The number of benzene rings is 2. The van der Waals surface area contributed by atoms with Gasteiger partial charge in [0.15, 0.2) is 10.9 Å². The Morgan fingerprint density at radius 3 is 2.60 bits per heavy atom. The Balaban J connectivity index is 1.73. The Morgan fingerprint density at radius 2 is 1.90 bits per heavy atom. The van der Waals surface area contributed by atoms with Crippen molar-refractivity contribution in [3.8, 4) is 11.1 Å². The lowest BCUT2D eigenvalue weighted by Gasteiger charge is -2.10. The van der Waals surface area contributed by atoms with Crippen LogP contribution in [0, 0.1) is 5.82 Å². The lowest BCUT2D eigenvalue weighted by molar-refractivity contribution is 0.102. The minimum atomic E-state index is -0.331. The molecule has 4 nitrogen and oxygen atoms in total. The van der Waals surface area contributed by atoms with Crippen molar-refractivity contribution in [1.29, 1.82) is 0 Å². The smallest absolute Gasteiger partial charge is 0.263 e. The molecule has 0 radical (unpaired) electrons. The van der Waals surface area contributed by atoms with Crippen molar-refractivity contribution in [2.24, 2.45) is 0 Å². The molecular formula is C23H17FN2O2S2. The Labute approximate surface area is 180 Å². The van der Waals surface area contributed by atoms with Crippen LogP contribution < -0.4 is 5.56 Å². The first-order valence-electron chi connectivity index (χ1n) is 9.18. The third-order valence-electron chi connectivity index (χ3n) is 4.55. The van der Waals surface area contributed by atoms with Gasteiger partial charge in [0, 0.05) is 23.1 Å². The zero-order chi connectivity index (χ0) is 21.1. The number of thiophene rings is 1. The number of carbonyl (C=O) groups is 1. The topological polar surface area (TPSA) is 52.0 Å². The Hall–Kier alpha value is -3.03. The van der Waals surface area contributed by atoms with Gasteiger partial charge in [-0.1, -0.05) is 60.3 Å². The van der Waals surface area contributed by atoms with E-state index in [1.807, 2.05) is 23.6 Å². The molecule has 0 N–H and O–H groups in total. The predicted molar refractivity (Wildman–Crippen MR) is 121 cm³/mol. The number of rotatable bonds is 7. The van der Waals surface area contributed by atoms with E-state index in [4.69, 9.17) is 0 Å². The largest absolute Gasteiger partial charge is 0.293 e. The van der Waals surface area contributed by atoms with Crippen molar-refractivity contribution in [3.05, 3.63) is 94.4 Å². The number of aromatic nitrogens is 2. The summed E-state index contributed by atoms with van der Waals surface area (Å²) >= 11 is 2.59. The summed E-state index contributed by atoms with van der Waals surface area (Å²) < 4.78 is 14.8. The highest BCUT2D eigenvalue weighted by atomic mass is 32.2. The molecule has 2 heterocycles. The van der Waals surface area contributed by atoms with Gasteiger partial charge in [0.1, 0.15) is 10.6 Å². The second-order valence-electron chi connectivity index (χ2n) is 6.51. The van der Waals surface area contributed by atoms with Gasteiger partial charge in [-0.15, -0.1) is 17.9 Å². The Morgan fingerprint density at radius 1 is 1.17 bits per heavy atom. The van der Waals surface area contributed by atoms with Crippen LogP contribution in [0.3, 0.4) is 0 Å². The number of hydrogen-bond acceptors (Lipinski definition) is 5. The summed E-state index contributed by atoms with van der Waals surface area (Å²) in [4.78, 5) is 31.0. The van der Waals surface area contributed by atoms with Crippen LogP contribution in [0.4, 0.5) is 4.39 Å². The van der Waals surface area contributed by atoms with E-state index in [1.165, 1.54) is 39.8 Å². The molecule has 0 aliphatic heterocycles. The Kier molecular flexibility index (Phi) is 5.92. The van der Waals surface area contributed by atoms with E-state index in [-0.39, 0.29) is 29.5 Å². The number of halogens is 1. The van der Waals surface area contributed by atoms with Crippen LogP contribution in [0.1, 0.15) is 10.4 Å². The molecule has 0 bridgehead atoms. The molecule has 30 heavy (non-hydrogen) atoms. The molecule has 0 amide bonds. The van der Waals surface area contributed by atoms with Gasteiger partial charge in [0.25, 0.3) is 5.56 Å². The summed E-state index contributed by atoms with van der Waals surface area (Å²) in [6.07, 6.45) is 1.63. The molecule has 4 rings (SSSR count). The van der Waals surface area contributed by atoms with E-state index in [0.717, 1.165) is 11.1 Å². The van der Waals surface area contributed by atoms with Crippen LogP contribution >= 0.6 is 23.1 Å². The molecule has 0 saturated heterocycles. The maximum absolute atomic E-state index is 13.3. The summed E-state index contributed by atoms with van der Waals surface area (Å²) in [6.45, 7) is 4.02. The number of thioether (sulfide) groups is 1. The molecule has 7 heteroatoms. The van der Waals surface area contributed by atoms with E-state index in [2.05, 4.69) is 11.6 Å². The van der Waals surface area contributed by atoms with Crippen molar-refractivity contribution in [3.63, 3.8) is 0 Å². The summed E-state index contributed by atoms with van der Waals surface area (Å²) in [5, 5.41) is 2.82. The number of carbonyl (C=O) groups excluding carboxylic acids is 1. The maximum Gasteiger partial charge on any atom is 0.263 e. The number of ketones is 1. The van der Waals surface area contributed by atoms with Gasteiger partial charge in [0.05, 0.1) is 11.1 Å². The van der Waals surface area contributed by atoms with Crippen LogP contribution in [-0.4, -0.2) is 21.1 Å². The maximum atomic E-state index is 13.3. The predicted octanol–water partition coefficient (Wildman–Crippen LogP) is 5.43. The summed E-state index contributed by atoms with van der Waals surface area (Å²) in [6, 6.07) is 15.1. The standard InChI is InChI=1S/C23H17FN2O2S2/c1-2-12-26-22(28)20-18(15-8-10-17(24)11-9-15)13-29-21(20)25-23(26)30-14-19(27)16-6-4-3-5-7-16/h2-11,13H,1,12,14H2. The molecule has 0 atom stereocenters. The van der Waals surface area contributed by atoms with Crippen molar-refractivity contribution in [1.82, 2.24) is 9.55 Å². The van der Waals surface area contributed by atoms with E-state index >= 15 is 0 Å². The highest BCUT2D eigenvalue weighted by Gasteiger charge is 2.18. The molecule has 0 unspecified atom stereocenters. The van der Waals surface area contributed by atoms with Gasteiger partial charge in [-0.25, -0.2) is 9.37 Å². The summed E-state index contributed by atoms with van der Waals surface area (Å²) in [7, 11) is 0. The zero-order valence-corrected chi connectivity index (χ0v) is 17.5. The molecule has 0 spiro atoms. The molecule has 0 aliphatic carbocycles. The van der Waals surface area contributed by atoms with Crippen LogP contribution in [-0.2, 0) is 6.54 Å². The first kappa shape index (κ1) is 20.3. The minimum absolute atomic E-state index is 0.0294. The van der Waals surface area contributed by atoms with Crippen molar-refractivity contribution < 1.29 is 9.18 Å². The van der Waals surface area contributed by atoms with Gasteiger partial charge >= 0.3 is 0 Å². The van der Waals surface area contributed by atoms with Gasteiger partial charge in [0.2, 0.25) is 0 Å². The molecule has 4 aromatic rings. The van der Waals surface area contributed by atoms with Gasteiger partial charge in [-0.05, 0) is 17.7 Å². The van der Waals surface area contributed by atoms with E-state index in [0.29, 0.717) is 20.9 Å². The Bertz CT molecular complexity index is 1280. The van der Waals surface area contributed by atoms with Crippen LogP contribution in [0.15, 0.2) is 82.6 Å². The molecule has 2 aromatic carbocycles. The second-order valence-corrected chi connectivity index (χ2v) is 8.31. The minimum Gasteiger partial charge on any atom is -0.293 e. The molecule has 2 aromatic heterocycles. The fourth-order valence-corrected chi connectivity index (χ4v) is 4.98. The molecule has 0 saturated carbocycles. The normalized spacial score (nSPS) is 11.0. The lowest BCUT2D eigenvalue weighted by atomic mass is 10.1. The average Bonchev–Trinajstić information content (AvgIpc) is 3.19. The third-order valence-corrected chi connectivity index (χ3v) is 6.40.